The summed E-state index contributed by atoms with van der Waals surface area (Å²) in [5.41, 5.74) is 0.622. The van der Waals surface area contributed by atoms with Gasteiger partial charge in [-0.1, -0.05) is 18.2 Å². The lowest BCUT2D eigenvalue weighted by molar-refractivity contribution is 0.371. The van der Waals surface area contributed by atoms with Crippen molar-refractivity contribution in [1.82, 2.24) is 15.3 Å². The standard InChI is InChI=1S/C19H25FN4O/c1-14(8-9-15-5-2-3-7-17(15)20)23-16-6-4-12-24(13-16)18-19(25)22-11-10-21-18/h2-3,5,7,10-11,14,16,23H,4,6,8-9,12-13H2,1H3,(H,22,25)/t14-,16+/m0/s1. The van der Waals surface area contributed by atoms with Crippen molar-refractivity contribution in [2.24, 2.45) is 0 Å². The van der Waals surface area contributed by atoms with Gasteiger partial charge in [0, 0.05) is 37.6 Å². The minimum Gasteiger partial charge on any atom is -0.350 e. The number of hydrogen-bond acceptors (Lipinski definition) is 4. The smallest absolute Gasteiger partial charge is 0.290 e. The molecule has 0 unspecified atom stereocenters. The number of benzene rings is 1. The van der Waals surface area contributed by atoms with Crippen molar-refractivity contribution in [2.75, 3.05) is 18.0 Å². The van der Waals surface area contributed by atoms with Crippen LogP contribution in [0.2, 0.25) is 0 Å². The number of H-pyrrole nitrogens is 1. The number of nitrogens with one attached hydrogen (secondary N) is 2. The molecule has 0 bridgehead atoms. The van der Waals surface area contributed by atoms with E-state index in [0.717, 1.165) is 44.3 Å². The highest BCUT2D eigenvalue weighted by Crippen LogP contribution is 2.16. The number of hydrogen-bond donors (Lipinski definition) is 2. The van der Waals surface area contributed by atoms with Crippen molar-refractivity contribution in [3.63, 3.8) is 0 Å². The van der Waals surface area contributed by atoms with Crippen molar-refractivity contribution in [3.8, 4) is 0 Å². The van der Waals surface area contributed by atoms with Crippen LogP contribution in [-0.4, -0.2) is 35.1 Å². The highest BCUT2D eigenvalue weighted by Gasteiger charge is 2.23. The molecule has 2 N–H and O–H groups in total. The van der Waals surface area contributed by atoms with E-state index in [-0.39, 0.29) is 17.4 Å². The summed E-state index contributed by atoms with van der Waals surface area (Å²) >= 11 is 0. The predicted molar refractivity (Wildman–Crippen MR) is 97.4 cm³/mol. The summed E-state index contributed by atoms with van der Waals surface area (Å²) in [6.07, 6.45) is 6.86. The van der Waals surface area contributed by atoms with Gasteiger partial charge in [0.05, 0.1) is 0 Å². The molecule has 2 atom stereocenters. The number of nitrogens with zero attached hydrogens (tertiary/aromatic N) is 2. The van der Waals surface area contributed by atoms with E-state index < -0.39 is 0 Å². The van der Waals surface area contributed by atoms with Crippen LogP contribution in [0.1, 0.15) is 31.7 Å². The van der Waals surface area contributed by atoms with Gasteiger partial charge in [0.1, 0.15) is 5.82 Å². The highest BCUT2D eigenvalue weighted by atomic mass is 19.1. The lowest BCUT2D eigenvalue weighted by atomic mass is 10.0. The molecule has 1 aliphatic rings. The second kappa shape index (κ2) is 8.25. The van der Waals surface area contributed by atoms with E-state index in [0.29, 0.717) is 11.9 Å². The fourth-order valence-electron chi connectivity index (χ4n) is 3.43. The lowest BCUT2D eigenvalue weighted by Crippen LogP contribution is -2.50. The van der Waals surface area contributed by atoms with Crippen molar-refractivity contribution >= 4 is 5.82 Å². The molecule has 3 rings (SSSR count). The number of piperidine rings is 1. The van der Waals surface area contributed by atoms with Crippen molar-refractivity contribution in [2.45, 2.75) is 44.7 Å². The summed E-state index contributed by atoms with van der Waals surface area (Å²) < 4.78 is 13.7. The molecule has 1 aromatic carbocycles. The quantitative estimate of drug-likeness (QED) is 0.845. The van der Waals surface area contributed by atoms with E-state index >= 15 is 0 Å². The molecule has 5 nitrogen and oxygen atoms in total. The van der Waals surface area contributed by atoms with E-state index in [2.05, 4.69) is 22.2 Å². The highest BCUT2D eigenvalue weighted by molar-refractivity contribution is 5.36. The Labute approximate surface area is 147 Å². The van der Waals surface area contributed by atoms with Crippen LogP contribution >= 0.6 is 0 Å². The fourth-order valence-corrected chi connectivity index (χ4v) is 3.43. The summed E-state index contributed by atoms with van der Waals surface area (Å²) in [6.45, 7) is 3.75. The van der Waals surface area contributed by atoms with E-state index in [1.54, 1.807) is 18.5 Å². The maximum atomic E-state index is 13.7. The molecule has 1 aromatic heterocycles. The Bertz CT molecular complexity index is 748. The van der Waals surface area contributed by atoms with Crippen LogP contribution in [0.5, 0.6) is 0 Å². The minimum atomic E-state index is -0.143. The molecular weight excluding hydrogens is 319 g/mol. The normalized spacial score (nSPS) is 19.0. The number of aromatic amines is 1. The van der Waals surface area contributed by atoms with Crippen LogP contribution in [0.15, 0.2) is 41.5 Å². The average molecular weight is 344 g/mol. The largest absolute Gasteiger partial charge is 0.350 e. The summed E-state index contributed by atoms with van der Waals surface area (Å²) in [7, 11) is 0. The average Bonchev–Trinajstić information content (AvgIpc) is 2.62. The first kappa shape index (κ1) is 17.6. The molecule has 1 aliphatic heterocycles. The van der Waals surface area contributed by atoms with Crippen LogP contribution in [-0.2, 0) is 6.42 Å². The summed E-state index contributed by atoms with van der Waals surface area (Å²) in [6, 6.07) is 7.54. The molecule has 134 valence electrons. The monoisotopic (exact) mass is 344 g/mol. The maximum Gasteiger partial charge on any atom is 0.290 e. The molecular formula is C19H25FN4O. The van der Waals surface area contributed by atoms with Crippen LogP contribution in [0.25, 0.3) is 0 Å². The van der Waals surface area contributed by atoms with Gasteiger partial charge in [-0.05, 0) is 44.2 Å². The Kier molecular flexibility index (Phi) is 5.81. The second-order valence-electron chi connectivity index (χ2n) is 6.72. The lowest BCUT2D eigenvalue weighted by Gasteiger charge is -2.35. The zero-order valence-corrected chi connectivity index (χ0v) is 14.5. The molecule has 0 radical (unpaired) electrons. The third-order valence-electron chi connectivity index (χ3n) is 4.73. The Morgan fingerprint density at radius 2 is 2.28 bits per heavy atom. The van der Waals surface area contributed by atoms with Crippen LogP contribution in [0.4, 0.5) is 10.2 Å². The van der Waals surface area contributed by atoms with E-state index in [4.69, 9.17) is 0 Å². The number of anilines is 1. The van der Waals surface area contributed by atoms with Gasteiger partial charge in [-0.2, -0.15) is 0 Å². The third-order valence-corrected chi connectivity index (χ3v) is 4.73. The molecule has 0 amide bonds. The summed E-state index contributed by atoms with van der Waals surface area (Å²) in [4.78, 5) is 20.9. The van der Waals surface area contributed by atoms with Gasteiger partial charge in [-0.15, -0.1) is 0 Å². The molecule has 2 aromatic rings. The Hall–Kier alpha value is -2.21. The van der Waals surface area contributed by atoms with Crippen LogP contribution in [0, 0.1) is 5.82 Å². The van der Waals surface area contributed by atoms with Crippen LogP contribution in [0.3, 0.4) is 0 Å². The Balaban J connectivity index is 1.53. The minimum absolute atomic E-state index is 0.132. The molecule has 0 aliphatic carbocycles. The fraction of sp³-hybridized carbons (Fsp3) is 0.474. The Morgan fingerprint density at radius 3 is 3.08 bits per heavy atom. The first-order chi connectivity index (χ1) is 12.1. The first-order valence-electron chi connectivity index (χ1n) is 8.91. The third kappa shape index (κ3) is 4.66. The van der Waals surface area contributed by atoms with E-state index in [9.17, 15) is 9.18 Å². The Morgan fingerprint density at radius 1 is 1.44 bits per heavy atom. The van der Waals surface area contributed by atoms with Crippen LogP contribution < -0.4 is 15.8 Å². The predicted octanol–water partition coefficient (Wildman–Crippen LogP) is 2.49. The molecule has 0 spiro atoms. The second-order valence-corrected chi connectivity index (χ2v) is 6.72. The van der Waals surface area contributed by atoms with E-state index in [1.807, 2.05) is 17.0 Å². The topological polar surface area (TPSA) is 61.0 Å². The van der Waals surface area contributed by atoms with Gasteiger partial charge in [-0.25, -0.2) is 9.37 Å². The zero-order valence-electron chi connectivity index (χ0n) is 14.5. The maximum absolute atomic E-state index is 13.7. The van der Waals surface area contributed by atoms with Crippen molar-refractivity contribution in [1.29, 1.82) is 0 Å². The SMILES string of the molecule is C[C@@H](CCc1ccccc1F)N[C@@H]1CCCN(c2ncc[nH]c2=O)C1. The van der Waals surface area contributed by atoms with Gasteiger partial charge < -0.3 is 15.2 Å². The summed E-state index contributed by atoms with van der Waals surface area (Å²) in [5, 5.41) is 3.62. The molecule has 1 saturated heterocycles. The van der Waals surface area contributed by atoms with Gasteiger partial charge >= 0.3 is 0 Å². The summed E-state index contributed by atoms with van der Waals surface area (Å²) in [5.74, 6) is 0.362. The first-order valence-corrected chi connectivity index (χ1v) is 8.91. The van der Waals surface area contributed by atoms with Gasteiger partial charge in [0.15, 0.2) is 5.82 Å². The number of halogens is 1. The molecule has 25 heavy (non-hydrogen) atoms. The van der Waals surface area contributed by atoms with E-state index in [1.165, 1.54) is 6.07 Å². The zero-order chi connectivity index (χ0) is 17.6. The number of aryl methyl sites for hydroxylation is 1. The number of aromatic nitrogens is 2. The van der Waals surface area contributed by atoms with Gasteiger partial charge in [0.2, 0.25) is 0 Å². The molecule has 0 saturated carbocycles. The van der Waals surface area contributed by atoms with Gasteiger partial charge in [0.25, 0.3) is 5.56 Å². The number of rotatable bonds is 6. The van der Waals surface area contributed by atoms with Crippen molar-refractivity contribution in [3.05, 3.63) is 58.4 Å². The van der Waals surface area contributed by atoms with Gasteiger partial charge in [-0.3, -0.25) is 4.79 Å². The molecule has 2 heterocycles. The van der Waals surface area contributed by atoms with Crippen molar-refractivity contribution < 1.29 is 4.39 Å². The molecule has 6 heteroatoms. The molecule has 1 fully saturated rings.